The molecule has 0 spiro atoms. The standard InChI is InChI=1S/C29H40N2O9/c1-15-11-19-26(34)20(14-21(32)27(19)40-7)30-28(35)16(2)9-8-10-22(38-5)24(31-29(36)37)17(3)13-18(4)25(33)23(12-15)39-6/h8-11,13-14,18,22-25,31-34H,12H2,1-7H3,(H,30,35)(H,36,37)/t18-,22-,23-,24-,25+/m0/s1. The number of rotatable bonds is 4. The van der Waals surface area contributed by atoms with Gasteiger partial charge in [0.05, 0.1) is 42.7 Å². The van der Waals surface area contributed by atoms with Crippen molar-refractivity contribution in [1.29, 1.82) is 0 Å². The number of phenolic OH excluding ortho intramolecular Hbond substituents is 2. The topological polar surface area (TPSA) is 167 Å². The molecule has 1 heterocycles. The Hall–Kier alpha value is -3.80. The average Bonchev–Trinajstić information content (AvgIpc) is 2.90. The van der Waals surface area contributed by atoms with Gasteiger partial charge in [-0.05, 0) is 33.3 Å². The molecule has 1 aromatic carbocycles. The number of carboxylic acid groups (broad SMARTS) is 1. The maximum absolute atomic E-state index is 12.9. The van der Waals surface area contributed by atoms with Crippen molar-refractivity contribution in [2.24, 2.45) is 5.92 Å². The van der Waals surface area contributed by atoms with Crippen LogP contribution in [-0.4, -0.2) is 78.1 Å². The maximum atomic E-state index is 12.9. The van der Waals surface area contributed by atoms with E-state index in [4.69, 9.17) is 14.2 Å². The molecule has 1 aliphatic heterocycles. The Morgan fingerprint density at radius 1 is 1.12 bits per heavy atom. The number of methoxy groups -OCH3 is 3. The number of aliphatic hydroxyl groups is 1. The number of aromatic hydroxyl groups is 2. The number of ether oxygens (including phenoxy) is 3. The second-order valence-electron chi connectivity index (χ2n) is 9.78. The summed E-state index contributed by atoms with van der Waals surface area (Å²) < 4.78 is 16.4. The molecular weight excluding hydrogens is 520 g/mol. The Morgan fingerprint density at radius 2 is 1.80 bits per heavy atom. The highest BCUT2D eigenvalue weighted by atomic mass is 16.5. The minimum absolute atomic E-state index is 0.0139. The van der Waals surface area contributed by atoms with Crippen molar-refractivity contribution in [3.63, 3.8) is 0 Å². The monoisotopic (exact) mass is 560 g/mol. The summed E-state index contributed by atoms with van der Waals surface area (Å²) >= 11 is 0. The summed E-state index contributed by atoms with van der Waals surface area (Å²) in [4.78, 5) is 24.5. The van der Waals surface area contributed by atoms with Crippen molar-refractivity contribution in [3.05, 3.63) is 52.7 Å². The second kappa shape index (κ2) is 14.5. The van der Waals surface area contributed by atoms with Crippen molar-refractivity contribution < 1.29 is 44.2 Å². The Kier molecular flexibility index (Phi) is 11.8. The third-order valence-corrected chi connectivity index (χ3v) is 6.76. The van der Waals surface area contributed by atoms with Crippen LogP contribution in [0.4, 0.5) is 10.5 Å². The SMILES string of the molecule is COc1c(O)cc2c(O)c1C=C(C)C[C@H](OC)[C@H](O)[C@@H](C)C=C(C)[C@H](NC(=O)O)[C@@H](OC)C=CC=C(C)C(=O)N2. The van der Waals surface area contributed by atoms with E-state index in [1.807, 2.05) is 0 Å². The second-order valence-corrected chi connectivity index (χ2v) is 9.78. The number of phenols is 2. The van der Waals surface area contributed by atoms with E-state index in [9.17, 15) is 30.0 Å². The normalized spacial score (nSPS) is 24.9. The molecule has 1 aliphatic rings. The maximum Gasteiger partial charge on any atom is 0.405 e. The number of carbonyl (C=O) groups is 2. The number of amides is 2. The van der Waals surface area contributed by atoms with Crippen molar-refractivity contribution >= 4 is 23.8 Å². The number of fused-ring (bicyclic) bond motifs is 2. The summed E-state index contributed by atoms with van der Waals surface area (Å²) in [6.45, 7) is 6.85. The van der Waals surface area contributed by atoms with Gasteiger partial charge in [-0.15, -0.1) is 0 Å². The fourth-order valence-corrected chi connectivity index (χ4v) is 4.55. The first-order valence-electron chi connectivity index (χ1n) is 12.7. The lowest BCUT2D eigenvalue weighted by atomic mass is 9.90. The molecule has 5 atom stereocenters. The Labute approximate surface area is 234 Å². The zero-order chi connectivity index (χ0) is 30.1. The van der Waals surface area contributed by atoms with Crippen molar-refractivity contribution in [3.8, 4) is 17.2 Å². The number of anilines is 1. The average molecular weight is 561 g/mol. The van der Waals surface area contributed by atoms with Gasteiger partial charge in [-0.3, -0.25) is 4.79 Å². The lowest BCUT2D eigenvalue weighted by molar-refractivity contribution is -0.112. The Morgan fingerprint density at radius 3 is 2.38 bits per heavy atom. The van der Waals surface area contributed by atoms with Gasteiger partial charge in [-0.2, -0.15) is 0 Å². The van der Waals surface area contributed by atoms with Crippen LogP contribution in [0.15, 0.2) is 47.1 Å². The smallest absolute Gasteiger partial charge is 0.405 e. The first kappa shape index (κ1) is 32.4. The van der Waals surface area contributed by atoms with E-state index in [2.05, 4.69) is 10.6 Å². The Balaban J connectivity index is 2.72. The summed E-state index contributed by atoms with van der Waals surface area (Å²) in [6.07, 6.45) is 4.63. The van der Waals surface area contributed by atoms with Crippen LogP contribution in [0, 0.1) is 5.92 Å². The highest BCUT2D eigenvalue weighted by Crippen LogP contribution is 2.43. The van der Waals surface area contributed by atoms with E-state index in [0.29, 0.717) is 11.1 Å². The molecule has 0 aliphatic carbocycles. The van der Waals surface area contributed by atoms with Crippen LogP contribution in [0.25, 0.3) is 6.08 Å². The van der Waals surface area contributed by atoms with Crippen molar-refractivity contribution in [2.75, 3.05) is 26.6 Å². The number of hydrogen-bond acceptors (Lipinski definition) is 8. The quantitative estimate of drug-likeness (QED) is 0.181. The molecule has 6 N–H and O–H groups in total. The molecule has 0 unspecified atom stereocenters. The third-order valence-electron chi connectivity index (χ3n) is 6.76. The number of nitrogens with one attached hydrogen (secondary N) is 2. The van der Waals surface area contributed by atoms with E-state index < -0.39 is 42.3 Å². The van der Waals surface area contributed by atoms with Crippen LogP contribution in [0.1, 0.15) is 39.7 Å². The number of aliphatic hydroxyl groups excluding tert-OH is 1. The number of allylic oxidation sites excluding steroid dienone is 2. The highest BCUT2D eigenvalue weighted by Gasteiger charge is 2.28. The van der Waals surface area contributed by atoms with Gasteiger partial charge in [0.2, 0.25) is 0 Å². The number of carbonyl (C=O) groups excluding carboxylic acids is 1. The third kappa shape index (κ3) is 8.10. The van der Waals surface area contributed by atoms with Crippen LogP contribution < -0.4 is 15.4 Å². The fraction of sp³-hybridized carbons (Fsp3) is 0.448. The summed E-state index contributed by atoms with van der Waals surface area (Å²) in [7, 11) is 4.25. The van der Waals surface area contributed by atoms with Crippen LogP contribution in [0.2, 0.25) is 0 Å². The molecule has 2 amide bonds. The summed E-state index contributed by atoms with van der Waals surface area (Å²) in [5.74, 6) is -1.58. The zero-order valence-electron chi connectivity index (χ0n) is 23.9. The molecule has 1 aromatic rings. The van der Waals surface area contributed by atoms with Gasteiger partial charge < -0.3 is 45.3 Å². The molecule has 0 saturated heterocycles. The van der Waals surface area contributed by atoms with Gasteiger partial charge in [-0.1, -0.05) is 42.4 Å². The summed E-state index contributed by atoms with van der Waals surface area (Å²) in [5, 5.41) is 47.2. The van der Waals surface area contributed by atoms with Crippen molar-refractivity contribution in [1.82, 2.24) is 5.32 Å². The zero-order valence-corrected chi connectivity index (χ0v) is 23.9. The van der Waals surface area contributed by atoms with E-state index in [1.54, 1.807) is 52.0 Å². The molecule has 0 fully saturated rings. The molecule has 0 saturated carbocycles. The molecule has 0 radical (unpaired) electrons. The van der Waals surface area contributed by atoms with Crippen molar-refractivity contribution in [2.45, 2.75) is 58.5 Å². The number of hydrogen-bond donors (Lipinski definition) is 6. The van der Waals surface area contributed by atoms with Gasteiger partial charge in [-0.25, -0.2) is 4.79 Å². The molecule has 2 bridgehead atoms. The summed E-state index contributed by atoms with van der Waals surface area (Å²) in [6, 6.07) is 0.403. The molecule has 11 heteroatoms. The van der Waals surface area contributed by atoms with Gasteiger partial charge >= 0.3 is 6.09 Å². The van der Waals surface area contributed by atoms with Crippen LogP contribution >= 0.6 is 0 Å². The first-order chi connectivity index (χ1) is 18.8. The van der Waals surface area contributed by atoms with E-state index in [0.717, 1.165) is 0 Å². The van der Waals surface area contributed by atoms with Crippen LogP contribution in [0.5, 0.6) is 17.2 Å². The largest absolute Gasteiger partial charge is 0.505 e. The fourth-order valence-electron chi connectivity index (χ4n) is 4.55. The molecule has 40 heavy (non-hydrogen) atoms. The first-order valence-corrected chi connectivity index (χ1v) is 12.7. The van der Waals surface area contributed by atoms with E-state index in [1.165, 1.54) is 33.5 Å². The van der Waals surface area contributed by atoms with Crippen LogP contribution in [0.3, 0.4) is 0 Å². The van der Waals surface area contributed by atoms with Crippen LogP contribution in [-0.2, 0) is 14.3 Å². The molecular formula is C29H40N2O9. The molecule has 2 rings (SSSR count). The Bertz CT molecular complexity index is 1200. The van der Waals surface area contributed by atoms with E-state index in [-0.39, 0.29) is 40.5 Å². The minimum Gasteiger partial charge on any atom is -0.505 e. The van der Waals surface area contributed by atoms with Gasteiger partial charge in [0.1, 0.15) is 5.75 Å². The van der Waals surface area contributed by atoms with E-state index >= 15 is 0 Å². The minimum atomic E-state index is -1.25. The van der Waals surface area contributed by atoms with Gasteiger partial charge in [0.15, 0.2) is 11.5 Å². The predicted octanol–water partition coefficient (Wildman–Crippen LogP) is 3.96. The molecule has 220 valence electrons. The number of benzene rings is 1. The lowest BCUT2D eigenvalue weighted by Gasteiger charge is -2.28. The van der Waals surface area contributed by atoms with Gasteiger partial charge in [0, 0.05) is 31.8 Å². The molecule has 11 nitrogen and oxygen atoms in total. The summed E-state index contributed by atoms with van der Waals surface area (Å²) in [5.41, 5.74) is 1.67. The molecule has 0 aromatic heterocycles. The lowest BCUT2D eigenvalue weighted by Crippen LogP contribution is -2.44. The highest BCUT2D eigenvalue weighted by molar-refractivity contribution is 6.05. The predicted molar refractivity (Wildman–Crippen MR) is 152 cm³/mol. The van der Waals surface area contributed by atoms with Gasteiger partial charge in [0.25, 0.3) is 5.91 Å².